The highest BCUT2D eigenvalue weighted by Gasteiger charge is 2.34. The van der Waals surface area contributed by atoms with E-state index in [0.717, 1.165) is 19.3 Å². The van der Waals surface area contributed by atoms with E-state index in [1.807, 2.05) is 0 Å². The van der Waals surface area contributed by atoms with Crippen LogP contribution >= 0.6 is 0 Å². The molecule has 3 aliphatic rings. The van der Waals surface area contributed by atoms with Crippen LogP contribution in [0.5, 0.6) is 0 Å². The standard InChI is InChI=1S/C21H14/c1-2-7-16-12(4-1)9-18-17(16)11-15-8-13-5-3-6-14-10-19(18)21(15)20(13)14/h1-7,11H,8-10H2. The lowest BCUT2D eigenvalue weighted by Gasteiger charge is -2.10. The third-order valence-electron chi connectivity index (χ3n) is 5.54. The fraction of sp³-hybridized carbons (Fsp3) is 0.143. The lowest BCUT2D eigenvalue weighted by atomic mass is 9.93. The van der Waals surface area contributed by atoms with Gasteiger partial charge in [0.15, 0.2) is 0 Å². The molecule has 0 saturated heterocycles. The Balaban J connectivity index is 1.72. The van der Waals surface area contributed by atoms with Crippen LogP contribution in [0.25, 0.3) is 22.3 Å². The summed E-state index contributed by atoms with van der Waals surface area (Å²) >= 11 is 0. The molecule has 0 heteroatoms. The minimum atomic E-state index is 1.12. The van der Waals surface area contributed by atoms with E-state index in [9.17, 15) is 0 Å². The van der Waals surface area contributed by atoms with Gasteiger partial charge in [0.25, 0.3) is 0 Å². The zero-order chi connectivity index (χ0) is 13.6. The van der Waals surface area contributed by atoms with Crippen LogP contribution in [0.3, 0.4) is 0 Å². The summed E-state index contributed by atoms with van der Waals surface area (Å²) in [6.07, 6.45) is 3.39. The van der Waals surface area contributed by atoms with Crippen LogP contribution < -0.4 is 0 Å². The molecular formula is C21H14. The van der Waals surface area contributed by atoms with Gasteiger partial charge in [-0.15, -0.1) is 0 Å². The van der Waals surface area contributed by atoms with Gasteiger partial charge < -0.3 is 0 Å². The molecule has 3 aromatic carbocycles. The van der Waals surface area contributed by atoms with E-state index in [2.05, 4.69) is 48.5 Å². The molecule has 0 radical (unpaired) electrons. The van der Waals surface area contributed by atoms with Gasteiger partial charge >= 0.3 is 0 Å². The summed E-state index contributed by atoms with van der Waals surface area (Å²) in [5, 5.41) is 0. The summed E-state index contributed by atoms with van der Waals surface area (Å²) in [7, 11) is 0. The summed E-state index contributed by atoms with van der Waals surface area (Å²) in [5.41, 5.74) is 15.5. The van der Waals surface area contributed by atoms with E-state index >= 15 is 0 Å². The third-order valence-corrected chi connectivity index (χ3v) is 5.54. The Hall–Kier alpha value is -2.34. The Morgan fingerprint density at radius 2 is 1.29 bits per heavy atom. The van der Waals surface area contributed by atoms with E-state index in [-0.39, 0.29) is 0 Å². The average Bonchev–Trinajstić information content (AvgIpc) is 3.16. The van der Waals surface area contributed by atoms with Crippen LogP contribution in [0.2, 0.25) is 0 Å². The third kappa shape index (κ3) is 1.10. The first kappa shape index (κ1) is 10.4. The summed E-state index contributed by atoms with van der Waals surface area (Å²) in [5.74, 6) is 0. The highest BCUT2D eigenvalue weighted by Crippen LogP contribution is 2.52. The van der Waals surface area contributed by atoms with Gasteiger partial charge in [0, 0.05) is 0 Å². The van der Waals surface area contributed by atoms with Gasteiger partial charge in [-0.05, 0) is 81.0 Å². The molecule has 0 heterocycles. The smallest absolute Gasteiger partial charge is 0.00102 e. The molecule has 0 spiro atoms. The molecule has 3 aliphatic carbocycles. The summed E-state index contributed by atoms with van der Waals surface area (Å²) in [4.78, 5) is 0. The number of hydrogen-bond donors (Lipinski definition) is 0. The van der Waals surface area contributed by atoms with Gasteiger partial charge in [0.1, 0.15) is 0 Å². The molecule has 21 heavy (non-hydrogen) atoms. The predicted molar refractivity (Wildman–Crippen MR) is 85.7 cm³/mol. The highest BCUT2D eigenvalue weighted by atomic mass is 14.4. The molecule has 0 unspecified atom stereocenters. The quantitative estimate of drug-likeness (QED) is 0.373. The number of hydrogen-bond acceptors (Lipinski definition) is 0. The van der Waals surface area contributed by atoms with Crippen molar-refractivity contribution in [2.75, 3.05) is 0 Å². The molecule has 0 saturated carbocycles. The highest BCUT2D eigenvalue weighted by molar-refractivity contribution is 5.92. The Kier molecular flexibility index (Phi) is 1.62. The first-order valence-corrected chi connectivity index (χ1v) is 7.77. The van der Waals surface area contributed by atoms with Crippen molar-refractivity contribution in [2.45, 2.75) is 19.3 Å². The van der Waals surface area contributed by atoms with Crippen molar-refractivity contribution < 1.29 is 0 Å². The van der Waals surface area contributed by atoms with Crippen LogP contribution in [0.15, 0.2) is 48.5 Å². The maximum Gasteiger partial charge on any atom is -0.00102 e. The summed E-state index contributed by atoms with van der Waals surface area (Å²) < 4.78 is 0. The first-order valence-electron chi connectivity index (χ1n) is 7.77. The Morgan fingerprint density at radius 3 is 2.24 bits per heavy atom. The SMILES string of the molecule is c1ccc2c(c1)Cc1c-2cc2c3c1Cc1cccc(c1-3)C2. The lowest BCUT2D eigenvalue weighted by Crippen LogP contribution is -1.95. The van der Waals surface area contributed by atoms with Crippen LogP contribution in [0, 0.1) is 0 Å². The minimum absolute atomic E-state index is 1.12. The molecule has 6 rings (SSSR count). The fourth-order valence-corrected chi connectivity index (χ4v) is 4.72. The Morgan fingerprint density at radius 1 is 0.524 bits per heavy atom. The van der Waals surface area contributed by atoms with Crippen molar-refractivity contribution in [1.82, 2.24) is 0 Å². The van der Waals surface area contributed by atoms with E-state index in [0.29, 0.717) is 0 Å². The number of rotatable bonds is 0. The largest absolute Gasteiger partial charge is 0.0619 e. The lowest BCUT2D eigenvalue weighted by molar-refractivity contribution is 1.13. The molecule has 0 aromatic heterocycles. The van der Waals surface area contributed by atoms with Gasteiger partial charge in [0.2, 0.25) is 0 Å². The van der Waals surface area contributed by atoms with E-state index in [4.69, 9.17) is 0 Å². The second-order valence-corrected chi connectivity index (χ2v) is 6.55. The average molecular weight is 266 g/mol. The zero-order valence-corrected chi connectivity index (χ0v) is 11.7. The van der Waals surface area contributed by atoms with Crippen molar-refractivity contribution in [3.05, 3.63) is 81.9 Å². The predicted octanol–water partition coefficient (Wildman–Crippen LogP) is 4.73. The molecule has 0 aliphatic heterocycles. The van der Waals surface area contributed by atoms with Crippen LogP contribution in [-0.2, 0) is 19.3 Å². The van der Waals surface area contributed by atoms with E-state index in [1.54, 1.807) is 38.9 Å². The fourth-order valence-electron chi connectivity index (χ4n) is 4.72. The maximum absolute atomic E-state index is 2.48. The van der Waals surface area contributed by atoms with Crippen molar-refractivity contribution in [1.29, 1.82) is 0 Å². The summed E-state index contributed by atoms with van der Waals surface area (Å²) in [6, 6.07) is 18.3. The van der Waals surface area contributed by atoms with Gasteiger partial charge in [-0.3, -0.25) is 0 Å². The monoisotopic (exact) mass is 266 g/mol. The van der Waals surface area contributed by atoms with Crippen molar-refractivity contribution in [3.63, 3.8) is 0 Å². The van der Waals surface area contributed by atoms with E-state index in [1.165, 1.54) is 16.7 Å². The second-order valence-electron chi connectivity index (χ2n) is 6.55. The molecule has 0 nitrogen and oxygen atoms in total. The Bertz CT molecular complexity index is 960. The van der Waals surface area contributed by atoms with Crippen molar-refractivity contribution >= 4 is 0 Å². The minimum Gasteiger partial charge on any atom is -0.0619 e. The molecule has 0 fully saturated rings. The molecule has 0 bridgehead atoms. The maximum atomic E-state index is 2.48. The zero-order valence-electron chi connectivity index (χ0n) is 11.7. The topological polar surface area (TPSA) is 0 Å². The van der Waals surface area contributed by atoms with Crippen LogP contribution in [-0.4, -0.2) is 0 Å². The number of benzene rings is 3. The normalized spacial score (nSPS) is 15.0. The first-order chi connectivity index (χ1) is 10.4. The molecule has 0 amide bonds. The van der Waals surface area contributed by atoms with Gasteiger partial charge in [-0.1, -0.05) is 42.5 Å². The molecule has 98 valence electrons. The molecule has 3 aromatic rings. The number of fused-ring (bicyclic) bond motifs is 4. The second kappa shape index (κ2) is 3.28. The van der Waals surface area contributed by atoms with Crippen molar-refractivity contribution in [2.24, 2.45) is 0 Å². The van der Waals surface area contributed by atoms with Crippen LogP contribution in [0.4, 0.5) is 0 Å². The molecule has 0 N–H and O–H groups in total. The van der Waals surface area contributed by atoms with Gasteiger partial charge in [-0.2, -0.15) is 0 Å². The molecule has 0 atom stereocenters. The summed E-state index contributed by atoms with van der Waals surface area (Å²) in [6.45, 7) is 0. The van der Waals surface area contributed by atoms with Gasteiger partial charge in [0.05, 0.1) is 0 Å². The van der Waals surface area contributed by atoms with E-state index < -0.39 is 0 Å². The van der Waals surface area contributed by atoms with Crippen LogP contribution in [0.1, 0.15) is 33.4 Å². The van der Waals surface area contributed by atoms with Crippen molar-refractivity contribution in [3.8, 4) is 22.3 Å². The van der Waals surface area contributed by atoms with Gasteiger partial charge in [-0.25, -0.2) is 0 Å². The molecular weight excluding hydrogens is 252 g/mol. The Labute approximate surface area is 124 Å².